The lowest BCUT2D eigenvalue weighted by molar-refractivity contribution is 0.748. The molecule has 0 fully saturated rings. The van der Waals surface area contributed by atoms with Gasteiger partial charge in [-0.2, -0.15) is 0 Å². The molecule has 84 valence electrons. The van der Waals surface area contributed by atoms with Crippen LogP contribution in [0, 0.1) is 6.92 Å². The van der Waals surface area contributed by atoms with Gasteiger partial charge < -0.3 is 11.1 Å². The first-order valence-electron chi connectivity index (χ1n) is 5.54. The van der Waals surface area contributed by atoms with E-state index in [1.54, 1.807) is 0 Å². The molecular formula is C11H20N4. The van der Waals surface area contributed by atoms with Crippen molar-refractivity contribution in [2.24, 2.45) is 5.73 Å². The largest absolute Gasteiger partial charge is 0.369 e. The summed E-state index contributed by atoms with van der Waals surface area (Å²) in [6, 6.07) is 1.95. The average Bonchev–Trinajstić information content (AvgIpc) is 2.23. The molecule has 0 bridgehead atoms. The molecule has 1 rings (SSSR count). The number of hydrogen-bond donors (Lipinski definition) is 2. The monoisotopic (exact) mass is 208 g/mol. The second-order valence-electron chi connectivity index (χ2n) is 3.63. The SMILES string of the molecule is CCCCc1nc(C)cc(NCCN)n1. The number of aryl methyl sites for hydroxylation is 2. The van der Waals surface area contributed by atoms with E-state index in [-0.39, 0.29) is 0 Å². The van der Waals surface area contributed by atoms with Crippen molar-refractivity contribution in [1.29, 1.82) is 0 Å². The van der Waals surface area contributed by atoms with Gasteiger partial charge in [-0.1, -0.05) is 13.3 Å². The Morgan fingerprint density at radius 1 is 1.40 bits per heavy atom. The molecule has 1 heterocycles. The second kappa shape index (κ2) is 6.35. The fraction of sp³-hybridized carbons (Fsp3) is 0.636. The van der Waals surface area contributed by atoms with Crippen molar-refractivity contribution in [3.05, 3.63) is 17.6 Å². The van der Waals surface area contributed by atoms with Gasteiger partial charge in [0.25, 0.3) is 0 Å². The molecule has 0 amide bonds. The Kier molecular flexibility index (Phi) is 5.04. The van der Waals surface area contributed by atoms with Crippen LogP contribution in [0.15, 0.2) is 6.07 Å². The van der Waals surface area contributed by atoms with Crippen molar-refractivity contribution in [2.75, 3.05) is 18.4 Å². The number of aromatic nitrogens is 2. The normalized spacial score (nSPS) is 10.3. The van der Waals surface area contributed by atoms with Crippen molar-refractivity contribution in [2.45, 2.75) is 33.1 Å². The van der Waals surface area contributed by atoms with E-state index >= 15 is 0 Å². The predicted molar refractivity (Wildman–Crippen MR) is 62.9 cm³/mol. The van der Waals surface area contributed by atoms with Crippen LogP contribution in [0.25, 0.3) is 0 Å². The van der Waals surface area contributed by atoms with Crippen LogP contribution >= 0.6 is 0 Å². The van der Waals surface area contributed by atoms with Crippen LogP contribution in [-0.2, 0) is 6.42 Å². The van der Waals surface area contributed by atoms with Gasteiger partial charge in [0, 0.05) is 31.3 Å². The Morgan fingerprint density at radius 2 is 2.20 bits per heavy atom. The minimum Gasteiger partial charge on any atom is -0.369 e. The van der Waals surface area contributed by atoms with Crippen molar-refractivity contribution in [3.8, 4) is 0 Å². The Labute approximate surface area is 91.3 Å². The smallest absolute Gasteiger partial charge is 0.130 e. The van der Waals surface area contributed by atoms with E-state index in [2.05, 4.69) is 22.2 Å². The third-order valence-corrected chi connectivity index (χ3v) is 2.10. The molecule has 1 aromatic heterocycles. The van der Waals surface area contributed by atoms with Gasteiger partial charge in [-0.05, 0) is 13.3 Å². The summed E-state index contributed by atoms with van der Waals surface area (Å²) in [5.74, 6) is 1.82. The first-order chi connectivity index (χ1) is 7.26. The van der Waals surface area contributed by atoms with Gasteiger partial charge in [0.05, 0.1) is 0 Å². The van der Waals surface area contributed by atoms with E-state index in [4.69, 9.17) is 5.73 Å². The molecule has 3 N–H and O–H groups in total. The molecule has 0 aliphatic heterocycles. The van der Waals surface area contributed by atoms with Crippen LogP contribution in [0.1, 0.15) is 31.3 Å². The summed E-state index contributed by atoms with van der Waals surface area (Å²) >= 11 is 0. The van der Waals surface area contributed by atoms with Gasteiger partial charge in [0.2, 0.25) is 0 Å². The topological polar surface area (TPSA) is 63.8 Å². The highest BCUT2D eigenvalue weighted by Gasteiger charge is 2.01. The lowest BCUT2D eigenvalue weighted by Crippen LogP contribution is -2.14. The summed E-state index contributed by atoms with van der Waals surface area (Å²) in [6.07, 6.45) is 3.26. The molecule has 0 spiro atoms. The Balaban J connectivity index is 2.66. The molecular weight excluding hydrogens is 188 g/mol. The molecule has 0 atom stereocenters. The fourth-order valence-electron chi connectivity index (χ4n) is 1.37. The molecule has 15 heavy (non-hydrogen) atoms. The second-order valence-corrected chi connectivity index (χ2v) is 3.63. The predicted octanol–water partition coefficient (Wildman–Crippen LogP) is 1.50. The maximum atomic E-state index is 5.43. The highest BCUT2D eigenvalue weighted by molar-refractivity contribution is 5.35. The minimum absolute atomic E-state index is 0.618. The van der Waals surface area contributed by atoms with E-state index in [9.17, 15) is 0 Å². The number of nitrogens with two attached hydrogens (primary N) is 1. The number of nitrogens with zero attached hydrogens (tertiary/aromatic N) is 2. The summed E-state index contributed by atoms with van der Waals surface area (Å²) in [6.45, 7) is 5.53. The minimum atomic E-state index is 0.618. The number of rotatable bonds is 6. The third kappa shape index (κ3) is 4.25. The van der Waals surface area contributed by atoms with Crippen molar-refractivity contribution in [3.63, 3.8) is 0 Å². The van der Waals surface area contributed by atoms with Gasteiger partial charge in [-0.15, -0.1) is 0 Å². The van der Waals surface area contributed by atoms with Gasteiger partial charge in [-0.3, -0.25) is 0 Å². The van der Waals surface area contributed by atoms with Crippen LogP contribution in [-0.4, -0.2) is 23.1 Å². The third-order valence-electron chi connectivity index (χ3n) is 2.10. The maximum absolute atomic E-state index is 5.43. The molecule has 0 radical (unpaired) electrons. The van der Waals surface area contributed by atoms with Crippen LogP contribution < -0.4 is 11.1 Å². The number of nitrogens with one attached hydrogen (secondary N) is 1. The number of unbranched alkanes of at least 4 members (excludes halogenated alkanes) is 1. The highest BCUT2D eigenvalue weighted by Crippen LogP contribution is 2.07. The van der Waals surface area contributed by atoms with Gasteiger partial charge in [0.1, 0.15) is 11.6 Å². The number of hydrogen-bond acceptors (Lipinski definition) is 4. The molecule has 0 aliphatic carbocycles. The quantitative estimate of drug-likeness (QED) is 0.743. The zero-order valence-corrected chi connectivity index (χ0v) is 9.58. The van der Waals surface area contributed by atoms with Crippen molar-refractivity contribution >= 4 is 5.82 Å². The Hall–Kier alpha value is -1.16. The fourth-order valence-corrected chi connectivity index (χ4v) is 1.37. The molecule has 0 saturated heterocycles. The van der Waals surface area contributed by atoms with Gasteiger partial charge in [0.15, 0.2) is 0 Å². The summed E-state index contributed by atoms with van der Waals surface area (Å²) in [5, 5.41) is 3.18. The summed E-state index contributed by atoms with van der Waals surface area (Å²) in [7, 11) is 0. The summed E-state index contributed by atoms with van der Waals surface area (Å²) in [5.41, 5.74) is 6.44. The molecule has 1 aromatic rings. The van der Waals surface area contributed by atoms with Crippen molar-refractivity contribution < 1.29 is 0 Å². The molecule has 4 heteroatoms. The molecule has 0 unspecified atom stereocenters. The molecule has 4 nitrogen and oxygen atoms in total. The first-order valence-corrected chi connectivity index (χ1v) is 5.54. The Morgan fingerprint density at radius 3 is 2.87 bits per heavy atom. The van der Waals surface area contributed by atoms with E-state index in [1.165, 1.54) is 6.42 Å². The summed E-state index contributed by atoms with van der Waals surface area (Å²) in [4.78, 5) is 8.83. The Bertz CT molecular complexity index is 272. The lowest BCUT2D eigenvalue weighted by Gasteiger charge is -2.07. The van der Waals surface area contributed by atoms with Gasteiger partial charge in [-0.25, -0.2) is 9.97 Å². The van der Waals surface area contributed by atoms with Crippen molar-refractivity contribution in [1.82, 2.24) is 9.97 Å². The van der Waals surface area contributed by atoms with Crippen LogP contribution in [0.3, 0.4) is 0 Å². The standard InChI is InChI=1S/C11H20N4/c1-3-4-5-10-14-9(2)8-11(15-10)13-7-6-12/h8H,3-7,12H2,1-2H3,(H,13,14,15). The lowest BCUT2D eigenvalue weighted by atomic mass is 10.2. The maximum Gasteiger partial charge on any atom is 0.130 e. The van der Waals surface area contributed by atoms with E-state index in [0.29, 0.717) is 6.54 Å². The molecule has 0 aromatic carbocycles. The van der Waals surface area contributed by atoms with Gasteiger partial charge >= 0.3 is 0 Å². The first kappa shape index (κ1) is 11.9. The van der Waals surface area contributed by atoms with E-state index in [1.807, 2.05) is 13.0 Å². The molecule has 0 aliphatic rings. The van der Waals surface area contributed by atoms with E-state index in [0.717, 1.165) is 36.7 Å². The number of anilines is 1. The average molecular weight is 208 g/mol. The summed E-state index contributed by atoms with van der Waals surface area (Å²) < 4.78 is 0. The molecule has 0 saturated carbocycles. The zero-order chi connectivity index (χ0) is 11.1. The van der Waals surface area contributed by atoms with Crippen LogP contribution in [0.4, 0.5) is 5.82 Å². The van der Waals surface area contributed by atoms with Crippen LogP contribution in [0.5, 0.6) is 0 Å². The highest BCUT2D eigenvalue weighted by atomic mass is 15.0. The zero-order valence-electron chi connectivity index (χ0n) is 9.58. The van der Waals surface area contributed by atoms with Crippen LogP contribution in [0.2, 0.25) is 0 Å². The van der Waals surface area contributed by atoms with E-state index < -0.39 is 0 Å².